The standard InChI is InChI=1S/C14H18N2OS/c1-11(15)8-9-18(17)10-13-7-6-12-4-2-3-5-14(12)16-13/h2-7,11H,8-10,15H2,1H3. The van der Waals surface area contributed by atoms with Gasteiger partial charge in [0.15, 0.2) is 0 Å². The number of benzene rings is 1. The number of pyridine rings is 1. The van der Waals surface area contributed by atoms with Gasteiger partial charge in [-0.05, 0) is 25.5 Å². The molecule has 2 N–H and O–H groups in total. The molecular weight excluding hydrogens is 244 g/mol. The van der Waals surface area contributed by atoms with Crippen molar-refractivity contribution >= 4 is 21.7 Å². The highest BCUT2D eigenvalue weighted by Crippen LogP contribution is 2.13. The molecule has 0 saturated carbocycles. The maximum atomic E-state index is 11.9. The summed E-state index contributed by atoms with van der Waals surface area (Å²) in [6, 6.07) is 12.0. The summed E-state index contributed by atoms with van der Waals surface area (Å²) < 4.78 is 11.9. The van der Waals surface area contributed by atoms with Gasteiger partial charge in [0, 0.05) is 28.0 Å². The van der Waals surface area contributed by atoms with Crippen molar-refractivity contribution in [2.24, 2.45) is 5.73 Å². The van der Waals surface area contributed by atoms with Crippen LogP contribution in [-0.2, 0) is 16.6 Å². The summed E-state index contributed by atoms with van der Waals surface area (Å²) in [7, 11) is -0.877. The first-order chi connectivity index (χ1) is 8.65. The minimum absolute atomic E-state index is 0.110. The van der Waals surface area contributed by atoms with E-state index in [-0.39, 0.29) is 6.04 Å². The SMILES string of the molecule is CC(N)CCS(=O)Cc1ccc2ccccc2n1. The Balaban J connectivity index is 2.05. The van der Waals surface area contributed by atoms with E-state index in [9.17, 15) is 4.21 Å². The van der Waals surface area contributed by atoms with Crippen LogP contribution in [0.3, 0.4) is 0 Å². The highest BCUT2D eigenvalue weighted by molar-refractivity contribution is 7.84. The van der Waals surface area contributed by atoms with E-state index in [1.54, 1.807) is 0 Å². The highest BCUT2D eigenvalue weighted by Gasteiger charge is 2.05. The van der Waals surface area contributed by atoms with Crippen LogP contribution >= 0.6 is 0 Å². The van der Waals surface area contributed by atoms with Crippen molar-refractivity contribution in [1.29, 1.82) is 0 Å². The van der Waals surface area contributed by atoms with E-state index in [2.05, 4.69) is 4.98 Å². The molecule has 1 aromatic heterocycles. The minimum atomic E-state index is -0.877. The second kappa shape index (κ2) is 6.07. The molecule has 2 atom stereocenters. The number of nitrogens with two attached hydrogens (primary N) is 1. The molecule has 0 spiro atoms. The molecule has 1 heterocycles. The third kappa shape index (κ3) is 3.62. The number of hydrogen-bond donors (Lipinski definition) is 1. The average Bonchev–Trinajstić information content (AvgIpc) is 2.36. The van der Waals surface area contributed by atoms with E-state index < -0.39 is 10.8 Å². The molecule has 0 aliphatic heterocycles. The van der Waals surface area contributed by atoms with E-state index in [0.717, 1.165) is 23.0 Å². The molecule has 0 aliphatic rings. The summed E-state index contributed by atoms with van der Waals surface area (Å²) in [6.45, 7) is 1.94. The normalized spacial score (nSPS) is 14.6. The zero-order valence-electron chi connectivity index (χ0n) is 10.5. The fourth-order valence-corrected chi connectivity index (χ4v) is 3.01. The lowest BCUT2D eigenvalue weighted by Crippen LogP contribution is -2.18. The van der Waals surface area contributed by atoms with Crippen LogP contribution in [0.2, 0.25) is 0 Å². The molecule has 0 fully saturated rings. The number of aromatic nitrogens is 1. The van der Waals surface area contributed by atoms with Crippen molar-refractivity contribution in [3.63, 3.8) is 0 Å². The van der Waals surface area contributed by atoms with Crippen LogP contribution in [0.15, 0.2) is 36.4 Å². The summed E-state index contributed by atoms with van der Waals surface area (Å²) in [6.07, 6.45) is 0.792. The molecule has 0 saturated heterocycles. The van der Waals surface area contributed by atoms with Gasteiger partial charge in [-0.15, -0.1) is 0 Å². The number of para-hydroxylation sites is 1. The monoisotopic (exact) mass is 262 g/mol. The predicted molar refractivity (Wildman–Crippen MR) is 76.7 cm³/mol. The Morgan fingerprint density at radius 3 is 2.83 bits per heavy atom. The van der Waals surface area contributed by atoms with Gasteiger partial charge in [-0.25, -0.2) is 0 Å². The smallest absolute Gasteiger partial charge is 0.0705 e. The zero-order valence-corrected chi connectivity index (χ0v) is 11.3. The van der Waals surface area contributed by atoms with Crippen molar-refractivity contribution in [3.8, 4) is 0 Å². The fraction of sp³-hybridized carbons (Fsp3) is 0.357. The molecule has 0 radical (unpaired) electrons. The van der Waals surface area contributed by atoms with Gasteiger partial charge in [0.2, 0.25) is 0 Å². The molecule has 96 valence electrons. The second-order valence-corrected chi connectivity index (χ2v) is 6.13. The van der Waals surface area contributed by atoms with E-state index in [1.807, 2.05) is 43.3 Å². The molecule has 2 unspecified atom stereocenters. The van der Waals surface area contributed by atoms with Crippen molar-refractivity contribution in [2.75, 3.05) is 5.75 Å². The van der Waals surface area contributed by atoms with E-state index in [1.165, 1.54) is 0 Å². The Hall–Kier alpha value is -1.26. The van der Waals surface area contributed by atoms with Crippen molar-refractivity contribution in [3.05, 3.63) is 42.1 Å². The molecule has 18 heavy (non-hydrogen) atoms. The fourth-order valence-electron chi connectivity index (χ4n) is 1.74. The second-order valence-electron chi connectivity index (χ2n) is 4.55. The van der Waals surface area contributed by atoms with Gasteiger partial charge in [-0.1, -0.05) is 24.3 Å². The Bertz CT molecular complexity index is 554. The Morgan fingerprint density at radius 1 is 1.28 bits per heavy atom. The number of rotatable bonds is 5. The molecule has 2 rings (SSSR count). The van der Waals surface area contributed by atoms with Crippen LogP contribution in [0.1, 0.15) is 19.0 Å². The van der Waals surface area contributed by atoms with Gasteiger partial charge in [0.05, 0.1) is 17.0 Å². The molecule has 1 aromatic carbocycles. The quantitative estimate of drug-likeness (QED) is 0.899. The van der Waals surface area contributed by atoms with Crippen molar-refractivity contribution in [2.45, 2.75) is 25.1 Å². The molecule has 0 amide bonds. The predicted octanol–water partition coefficient (Wildman–Crippen LogP) is 2.22. The van der Waals surface area contributed by atoms with Gasteiger partial charge in [0.25, 0.3) is 0 Å². The summed E-state index contributed by atoms with van der Waals surface area (Å²) in [4.78, 5) is 4.52. The number of fused-ring (bicyclic) bond motifs is 1. The summed E-state index contributed by atoms with van der Waals surface area (Å²) >= 11 is 0. The lowest BCUT2D eigenvalue weighted by Gasteiger charge is -2.05. The summed E-state index contributed by atoms with van der Waals surface area (Å²) in [5.41, 5.74) is 7.50. The number of nitrogens with zero attached hydrogens (tertiary/aromatic N) is 1. The molecule has 0 bridgehead atoms. The minimum Gasteiger partial charge on any atom is -0.328 e. The van der Waals surface area contributed by atoms with Gasteiger partial charge >= 0.3 is 0 Å². The van der Waals surface area contributed by atoms with Gasteiger partial charge in [-0.3, -0.25) is 9.19 Å². The van der Waals surface area contributed by atoms with Crippen molar-refractivity contribution < 1.29 is 4.21 Å². The molecule has 0 aliphatic carbocycles. The third-order valence-electron chi connectivity index (χ3n) is 2.77. The first kappa shape index (κ1) is 13.2. The van der Waals surface area contributed by atoms with E-state index in [4.69, 9.17) is 5.73 Å². The van der Waals surface area contributed by atoms with Crippen LogP contribution in [0.5, 0.6) is 0 Å². The van der Waals surface area contributed by atoms with Gasteiger partial charge in [0.1, 0.15) is 0 Å². The summed E-state index contributed by atoms with van der Waals surface area (Å²) in [5.74, 6) is 1.16. The van der Waals surface area contributed by atoms with Crippen LogP contribution in [0.4, 0.5) is 0 Å². The van der Waals surface area contributed by atoms with Crippen LogP contribution < -0.4 is 5.73 Å². The zero-order chi connectivity index (χ0) is 13.0. The topological polar surface area (TPSA) is 56.0 Å². The van der Waals surface area contributed by atoms with Crippen LogP contribution in [0, 0.1) is 0 Å². The maximum Gasteiger partial charge on any atom is 0.0705 e. The average molecular weight is 262 g/mol. The Morgan fingerprint density at radius 2 is 2.06 bits per heavy atom. The number of hydrogen-bond acceptors (Lipinski definition) is 3. The first-order valence-corrected chi connectivity index (χ1v) is 7.59. The Labute approximate surface area is 110 Å². The molecule has 3 nitrogen and oxygen atoms in total. The molecule has 4 heteroatoms. The molecule has 2 aromatic rings. The summed E-state index contributed by atoms with van der Waals surface area (Å²) in [5, 5.41) is 1.11. The maximum absolute atomic E-state index is 11.9. The van der Waals surface area contributed by atoms with Crippen molar-refractivity contribution in [1.82, 2.24) is 4.98 Å². The third-order valence-corrected chi connectivity index (χ3v) is 4.07. The van der Waals surface area contributed by atoms with Gasteiger partial charge < -0.3 is 5.73 Å². The van der Waals surface area contributed by atoms with Crippen LogP contribution in [-0.4, -0.2) is 21.0 Å². The lowest BCUT2D eigenvalue weighted by atomic mass is 10.2. The first-order valence-electron chi connectivity index (χ1n) is 6.10. The Kier molecular flexibility index (Phi) is 4.44. The van der Waals surface area contributed by atoms with Crippen LogP contribution in [0.25, 0.3) is 10.9 Å². The van der Waals surface area contributed by atoms with E-state index in [0.29, 0.717) is 11.5 Å². The van der Waals surface area contributed by atoms with Gasteiger partial charge in [-0.2, -0.15) is 0 Å². The molecular formula is C14H18N2OS. The lowest BCUT2D eigenvalue weighted by molar-refractivity contribution is 0.667. The highest BCUT2D eigenvalue weighted by atomic mass is 32.2. The van der Waals surface area contributed by atoms with E-state index >= 15 is 0 Å². The largest absolute Gasteiger partial charge is 0.328 e.